The first-order valence-corrected chi connectivity index (χ1v) is 11.1. The molecule has 9 heteroatoms. The maximum absolute atomic E-state index is 12.6. The topological polar surface area (TPSA) is 104 Å². The summed E-state index contributed by atoms with van der Waals surface area (Å²) in [6.07, 6.45) is 3.63. The minimum absolute atomic E-state index is 0.00820. The van der Waals surface area contributed by atoms with E-state index in [1.165, 1.54) is 29.5 Å². The Labute approximate surface area is 161 Å². The molecule has 1 aromatic carbocycles. The van der Waals surface area contributed by atoms with Crippen molar-refractivity contribution in [2.75, 3.05) is 5.32 Å². The number of anilines is 1. The van der Waals surface area contributed by atoms with Crippen LogP contribution in [0.3, 0.4) is 0 Å². The van der Waals surface area contributed by atoms with E-state index in [9.17, 15) is 18.0 Å². The van der Waals surface area contributed by atoms with Crippen molar-refractivity contribution < 1.29 is 18.0 Å². The van der Waals surface area contributed by atoms with Gasteiger partial charge in [0.15, 0.2) is 0 Å². The number of hydrogen-bond acceptors (Lipinski definition) is 5. The molecule has 2 saturated carbocycles. The number of thiophene rings is 1. The molecular weight excluding hydrogens is 386 g/mol. The summed E-state index contributed by atoms with van der Waals surface area (Å²) < 4.78 is 27.3. The molecular formula is C18H19N3O4S2. The molecule has 0 saturated heterocycles. The van der Waals surface area contributed by atoms with Gasteiger partial charge >= 0.3 is 0 Å². The van der Waals surface area contributed by atoms with E-state index >= 15 is 0 Å². The zero-order valence-electron chi connectivity index (χ0n) is 14.4. The predicted octanol–water partition coefficient (Wildman–Crippen LogP) is 2.33. The lowest BCUT2D eigenvalue weighted by Crippen LogP contribution is -2.26. The number of benzene rings is 1. The first-order valence-electron chi connectivity index (χ1n) is 8.74. The summed E-state index contributed by atoms with van der Waals surface area (Å²) in [6.45, 7) is 0. The minimum atomic E-state index is -3.63. The third kappa shape index (κ3) is 4.37. The van der Waals surface area contributed by atoms with Gasteiger partial charge in [0.25, 0.3) is 11.8 Å². The Morgan fingerprint density at radius 3 is 2.44 bits per heavy atom. The van der Waals surface area contributed by atoms with Crippen LogP contribution in [0.25, 0.3) is 0 Å². The van der Waals surface area contributed by atoms with Gasteiger partial charge < -0.3 is 10.6 Å². The molecule has 7 nitrogen and oxygen atoms in total. The van der Waals surface area contributed by atoms with Crippen LogP contribution in [0.15, 0.2) is 40.6 Å². The van der Waals surface area contributed by atoms with E-state index in [0.29, 0.717) is 10.6 Å². The smallest absolute Gasteiger partial charge is 0.256 e. The number of rotatable bonds is 7. The third-order valence-corrected chi connectivity index (χ3v) is 6.70. The summed E-state index contributed by atoms with van der Waals surface area (Å²) in [6, 6.07) is 7.76. The highest BCUT2D eigenvalue weighted by molar-refractivity contribution is 7.89. The van der Waals surface area contributed by atoms with Gasteiger partial charge in [-0.1, -0.05) is 6.07 Å². The Morgan fingerprint density at radius 2 is 1.74 bits per heavy atom. The second-order valence-electron chi connectivity index (χ2n) is 6.79. The number of carbonyl (C=O) groups excluding carboxylic acids is 2. The van der Waals surface area contributed by atoms with E-state index in [0.717, 1.165) is 25.7 Å². The molecule has 3 N–H and O–H groups in total. The fraction of sp³-hybridized carbons (Fsp3) is 0.333. The Hall–Kier alpha value is -2.23. The van der Waals surface area contributed by atoms with Gasteiger partial charge in [0, 0.05) is 17.6 Å². The Morgan fingerprint density at radius 1 is 1.00 bits per heavy atom. The molecule has 2 aliphatic carbocycles. The van der Waals surface area contributed by atoms with Gasteiger partial charge in [0.2, 0.25) is 10.0 Å². The van der Waals surface area contributed by atoms with Crippen molar-refractivity contribution >= 4 is 38.2 Å². The maximum atomic E-state index is 12.6. The molecule has 0 unspecified atom stereocenters. The molecule has 1 heterocycles. The monoisotopic (exact) mass is 405 g/mol. The zero-order chi connectivity index (χ0) is 19.0. The summed E-state index contributed by atoms with van der Waals surface area (Å²) in [4.78, 5) is 24.9. The first-order chi connectivity index (χ1) is 12.9. The second-order valence-corrected chi connectivity index (χ2v) is 9.42. The highest BCUT2D eigenvalue weighted by atomic mass is 32.2. The first kappa shape index (κ1) is 18.1. The van der Waals surface area contributed by atoms with Gasteiger partial charge in [-0.05, 0) is 55.3 Å². The summed E-state index contributed by atoms with van der Waals surface area (Å²) >= 11 is 1.25. The second kappa shape index (κ2) is 7.06. The molecule has 0 atom stereocenters. The molecule has 2 amide bonds. The zero-order valence-corrected chi connectivity index (χ0v) is 16.0. The molecule has 0 bridgehead atoms. The fourth-order valence-corrected chi connectivity index (χ4v) is 4.67. The van der Waals surface area contributed by atoms with Crippen molar-refractivity contribution in [1.82, 2.24) is 10.0 Å². The van der Waals surface area contributed by atoms with Crippen LogP contribution in [0.4, 0.5) is 5.00 Å². The van der Waals surface area contributed by atoms with E-state index in [1.807, 2.05) is 0 Å². The number of nitrogens with one attached hydrogen (secondary N) is 3. The van der Waals surface area contributed by atoms with Crippen molar-refractivity contribution in [1.29, 1.82) is 0 Å². The lowest BCUT2D eigenvalue weighted by atomic mass is 10.2. The molecule has 27 heavy (non-hydrogen) atoms. The largest absolute Gasteiger partial charge is 0.349 e. The SMILES string of the molecule is O=C(Nc1sccc1C(=O)NC1CC1)c1cccc(S(=O)(=O)NC2CC2)c1. The summed E-state index contributed by atoms with van der Waals surface area (Å²) in [5.41, 5.74) is 0.634. The average Bonchev–Trinajstić information content (AvgIpc) is 3.56. The summed E-state index contributed by atoms with van der Waals surface area (Å²) in [5.74, 6) is -0.666. The molecule has 4 rings (SSSR count). The van der Waals surface area contributed by atoms with Crippen LogP contribution >= 0.6 is 11.3 Å². The molecule has 2 aromatic rings. The number of carbonyl (C=O) groups is 2. The predicted molar refractivity (Wildman–Crippen MR) is 103 cm³/mol. The van der Waals surface area contributed by atoms with E-state index in [1.54, 1.807) is 17.5 Å². The standard InChI is InChI=1S/C18H19N3O4S2/c22-16(20-18-15(8-9-26-18)17(23)19-12-4-5-12)11-2-1-3-14(10-11)27(24,25)21-13-6-7-13/h1-3,8-10,12-13,21H,4-7H2,(H,19,23)(H,20,22). The van der Waals surface area contributed by atoms with E-state index in [4.69, 9.17) is 0 Å². The van der Waals surface area contributed by atoms with Crippen LogP contribution in [0.1, 0.15) is 46.4 Å². The van der Waals surface area contributed by atoms with Gasteiger partial charge in [0.1, 0.15) is 5.00 Å². The third-order valence-electron chi connectivity index (χ3n) is 4.36. The molecule has 0 aliphatic heterocycles. The van der Waals surface area contributed by atoms with Gasteiger partial charge in [-0.25, -0.2) is 13.1 Å². The van der Waals surface area contributed by atoms with E-state index in [2.05, 4.69) is 15.4 Å². The van der Waals surface area contributed by atoms with Crippen LogP contribution < -0.4 is 15.4 Å². The van der Waals surface area contributed by atoms with E-state index in [-0.39, 0.29) is 28.4 Å². The molecule has 0 radical (unpaired) electrons. The highest BCUT2D eigenvalue weighted by Gasteiger charge is 2.28. The van der Waals surface area contributed by atoms with Crippen molar-refractivity contribution in [2.45, 2.75) is 42.7 Å². The molecule has 2 aliphatic rings. The van der Waals surface area contributed by atoms with Gasteiger partial charge in [-0.15, -0.1) is 11.3 Å². The minimum Gasteiger partial charge on any atom is -0.349 e. The Bertz CT molecular complexity index is 992. The lowest BCUT2D eigenvalue weighted by Gasteiger charge is -2.09. The quantitative estimate of drug-likeness (QED) is 0.658. The molecule has 2 fully saturated rings. The molecule has 0 spiro atoms. The Kier molecular flexibility index (Phi) is 4.75. The van der Waals surface area contributed by atoms with Crippen molar-refractivity contribution in [2.24, 2.45) is 0 Å². The summed E-state index contributed by atoms with van der Waals surface area (Å²) in [7, 11) is -3.63. The van der Waals surface area contributed by atoms with Crippen LogP contribution in [0.2, 0.25) is 0 Å². The van der Waals surface area contributed by atoms with Gasteiger partial charge in [0.05, 0.1) is 10.5 Å². The van der Waals surface area contributed by atoms with Crippen LogP contribution in [-0.2, 0) is 10.0 Å². The van der Waals surface area contributed by atoms with Crippen molar-refractivity contribution in [3.8, 4) is 0 Å². The van der Waals surface area contributed by atoms with Crippen molar-refractivity contribution in [3.63, 3.8) is 0 Å². The fourth-order valence-electron chi connectivity index (χ4n) is 2.54. The molecule has 142 valence electrons. The number of hydrogen-bond donors (Lipinski definition) is 3. The maximum Gasteiger partial charge on any atom is 0.256 e. The van der Waals surface area contributed by atoms with Crippen LogP contribution in [-0.4, -0.2) is 32.3 Å². The van der Waals surface area contributed by atoms with Crippen molar-refractivity contribution in [3.05, 3.63) is 46.8 Å². The average molecular weight is 406 g/mol. The molecule has 1 aromatic heterocycles. The lowest BCUT2D eigenvalue weighted by molar-refractivity contribution is 0.0952. The van der Waals surface area contributed by atoms with Gasteiger partial charge in [-0.3, -0.25) is 9.59 Å². The van der Waals surface area contributed by atoms with Gasteiger partial charge in [-0.2, -0.15) is 0 Å². The van der Waals surface area contributed by atoms with Crippen LogP contribution in [0, 0.1) is 0 Å². The Balaban J connectivity index is 1.49. The normalized spacial score (nSPS) is 16.7. The highest BCUT2D eigenvalue weighted by Crippen LogP contribution is 2.27. The number of amides is 2. The van der Waals surface area contributed by atoms with Crippen LogP contribution in [0.5, 0.6) is 0 Å². The number of sulfonamides is 1. The summed E-state index contributed by atoms with van der Waals surface area (Å²) in [5, 5.41) is 7.79. The van der Waals surface area contributed by atoms with E-state index < -0.39 is 15.9 Å².